The Bertz CT molecular complexity index is 557. The second kappa shape index (κ2) is 6.76. The van der Waals surface area contributed by atoms with Gasteiger partial charge >= 0.3 is 0 Å². The first-order chi connectivity index (χ1) is 9.53. The maximum Gasteiger partial charge on any atom is 0.240 e. The maximum absolute atomic E-state index is 12.2. The van der Waals surface area contributed by atoms with Crippen LogP contribution < -0.4 is 14.8 Å². The van der Waals surface area contributed by atoms with Gasteiger partial charge in [-0.15, -0.1) is 0 Å². The molecule has 0 bridgehead atoms. The average molecular weight is 319 g/mol. The quantitative estimate of drug-likeness (QED) is 0.868. The van der Waals surface area contributed by atoms with Crippen LogP contribution in [0.25, 0.3) is 0 Å². The predicted octanol–water partition coefficient (Wildman–Crippen LogP) is 1.77. The molecule has 0 radical (unpaired) electrons. The minimum absolute atomic E-state index is 0.152. The van der Waals surface area contributed by atoms with Crippen LogP contribution in [-0.2, 0) is 10.0 Å². The van der Waals surface area contributed by atoms with Crippen LogP contribution >= 0.6 is 11.6 Å². The zero-order chi connectivity index (χ0) is 14.6. The summed E-state index contributed by atoms with van der Waals surface area (Å²) in [7, 11) is -2.05. The van der Waals surface area contributed by atoms with E-state index in [-0.39, 0.29) is 16.0 Å². The van der Waals surface area contributed by atoms with E-state index in [0.29, 0.717) is 12.3 Å². The number of hydrogen-bond acceptors (Lipinski definition) is 4. The maximum atomic E-state index is 12.2. The lowest BCUT2D eigenvalue weighted by molar-refractivity contribution is 0.398. The molecule has 1 aromatic carbocycles. The van der Waals surface area contributed by atoms with Gasteiger partial charge in [0.25, 0.3) is 0 Å². The summed E-state index contributed by atoms with van der Waals surface area (Å²) < 4.78 is 32.0. The van der Waals surface area contributed by atoms with Crippen molar-refractivity contribution < 1.29 is 13.2 Å². The number of sulfonamides is 1. The fraction of sp³-hybridized carbons (Fsp3) is 0.538. The van der Waals surface area contributed by atoms with Crippen LogP contribution in [0.3, 0.4) is 0 Å². The van der Waals surface area contributed by atoms with Gasteiger partial charge in [0.2, 0.25) is 10.0 Å². The van der Waals surface area contributed by atoms with Crippen molar-refractivity contribution in [2.24, 2.45) is 0 Å². The van der Waals surface area contributed by atoms with Crippen molar-refractivity contribution in [2.75, 3.05) is 20.2 Å². The molecular weight excluding hydrogens is 300 g/mol. The molecule has 1 fully saturated rings. The predicted molar refractivity (Wildman–Crippen MR) is 78.8 cm³/mol. The molecule has 0 amide bonds. The summed E-state index contributed by atoms with van der Waals surface area (Å²) in [4.78, 5) is 0.152. The molecule has 0 spiro atoms. The van der Waals surface area contributed by atoms with E-state index in [4.69, 9.17) is 16.3 Å². The summed E-state index contributed by atoms with van der Waals surface area (Å²) in [5, 5.41) is 3.58. The van der Waals surface area contributed by atoms with Crippen LogP contribution in [0.2, 0.25) is 5.02 Å². The van der Waals surface area contributed by atoms with Crippen LogP contribution in [-0.4, -0.2) is 34.7 Å². The van der Waals surface area contributed by atoms with Gasteiger partial charge in [-0.05, 0) is 37.6 Å². The normalized spacial score (nSPS) is 19.8. The summed E-state index contributed by atoms with van der Waals surface area (Å²) in [5.41, 5.74) is 0. The van der Waals surface area contributed by atoms with E-state index in [0.717, 1.165) is 25.8 Å². The van der Waals surface area contributed by atoms with Crippen LogP contribution in [0, 0.1) is 0 Å². The largest absolute Gasteiger partial charge is 0.495 e. The standard InChI is InChI=1S/C13H19ClN2O3S/c1-19-13-6-5-11(8-12(13)14)20(17,18)16-9-10-4-2-3-7-15-10/h5-6,8,10,15-16H,2-4,7,9H2,1H3/t10-/m1/s1. The summed E-state index contributed by atoms with van der Waals surface area (Å²) in [5.74, 6) is 0.458. The Hall–Kier alpha value is -0.820. The number of nitrogens with one attached hydrogen (secondary N) is 2. The first-order valence-electron chi connectivity index (χ1n) is 6.59. The van der Waals surface area contributed by atoms with Gasteiger partial charge < -0.3 is 10.1 Å². The van der Waals surface area contributed by atoms with Crippen LogP contribution in [0.1, 0.15) is 19.3 Å². The minimum Gasteiger partial charge on any atom is -0.495 e. The molecule has 1 aliphatic heterocycles. The first-order valence-corrected chi connectivity index (χ1v) is 8.45. The Morgan fingerprint density at radius 1 is 1.45 bits per heavy atom. The molecule has 0 unspecified atom stereocenters. The van der Waals surface area contributed by atoms with Gasteiger partial charge in [-0.2, -0.15) is 0 Å². The van der Waals surface area contributed by atoms with Crippen molar-refractivity contribution in [3.63, 3.8) is 0 Å². The Labute approximate surface area is 124 Å². The Morgan fingerprint density at radius 3 is 2.85 bits per heavy atom. The van der Waals surface area contributed by atoms with Gasteiger partial charge in [0, 0.05) is 12.6 Å². The third kappa shape index (κ3) is 3.85. The number of piperidine rings is 1. The third-order valence-corrected chi connectivity index (χ3v) is 5.08. The van der Waals surface area contributed by atoms with Gasteiger partial charge in [0.05, 0.1) is 17.0 Å². The Morgan fingerprint density at radius 2 is 2.25 bits per heavy atom. The molecule has 1 atom stereocenters. The van der Waals surface area contributed by atoms with Crippen molar-refractivity contribution in [3.8, 4) is 5.75 Å². The molecule has 2 N–H and O–H groups in total. The fourth-order valence-electron chi connectivity index (χ4n) is 2.21. The Balaban J connectivity index is 2.04. The number of rotatable bonds is 5. The van der Waals surface area contributed by atoms with E-state index < -0.39 is 10.0 Å². The molecule has 1 heterocycles. The molecule has 0 aliphatic carbocycles. The highest BCUT2D eigenvalue weighted by atomic mass is 35.5. The third-order valence-electron chi connectivity index (χ3n) is 3.37. The van der Waals surface area contributed by atoms with E-state index in [1.165, 1.54) is 19.2 Å². The van der Waals surface area contributed by atoms with Crippen molar-refractivity contribution in [1.82, 2.24) is 10.0 Å². The van der Waals surface area contributed by atoms with Crippen LogP contribution in [0.4, 0.5) is 0 Å². The smallest absolute Gasteiger partial charge is 0.240 e. The van der Waals surface area contributed by atoms with Gasteiger partial charge in [-0.1, -0.05) is 18.0 Å². The molecular formula is C13H19ClN2O3S. The highest BCUT2D eigenvalue weighted by Gasteiger charge is 2.19. The fourth-order valence-corrected chi connectivity index (χ4v) is 3.64. The molecule has 20 heavy (non-hydrogen) atoms. The first kappa shape index (κ1) is 15.6. The molecule has 2 rings (SSSR count). The van der Waals surface area contributed by atoms with E-state index in [1.54, 1.807) is 6.07 Å². The van der Waals surface area contributed by atoms with E-state index >= 15 is 0 Å². The molecule has 7 heteroatoms. The molecule has 1 aliphatic rings. The van der Waals surface area contributed by atoms with Gasteiger partial charge in [-0.3, -0.25) is 0 Å². The van der Waals surface area contributed by atoms with Crippen molar-refractivity contribution in [1.29, 1.82) is 0 Å². The van der Waals surface area contributed by atoms with Gasteiger partial charge in [0.15, 0.2) is 0 Å². The summed E-state index contributed by atoms with van der Waals surface area (Å²) >= 11 is 5.95. The van der Waals surface area contributed by atoms with Gasteiger partial charge in [0.1, 0.15) is 5.75 Å². The number of benzene rings is 1. The highest BCUT2D eigenvalue weighted by molar-refractivity contribution is 7.89. The summed E-state index contributed by atoms with van der Waals surface area (Å²) in [6.07, 6.45) is 3.27. The summed E-state index contributed by atoms with van der Waals surface area (Å²) in [6.45, 7) is 1.34. The average Bonchev–Trinajstić information content (AvgIpc) is 2.46. The molecule has 112 valence electrons. The molecule has 0 aromatic heterocycles. The second-order valence-corrected chi connectivity index (χ2v) is 6.97. The highest BCUT2D eigenvalue weighted by Crippen LogP contribution is 2.26. The Kier molecular flexibility index (Phi) is 5.26. The van der Waals surface area contributed by atoms with Crippen LogP contribution in [0.5, 0.6) is 5.75 Å². The lowest BCUT2D eigenvalue weighted by Crippen LogP contribution is -2.43. The van der Waals surface area contributed by atoms with Crippen molar-refractivity contribution in [2.45, 2.75) is 30.2 Å². The zero-order valence-corrected chi connectivity index (χ0v) is 12.9. The van der Waals surface area contributed by atoms with Gasteiger partial charge in [-0.25, -0.2) is 13.1 Å². The van der Waals surface area contributed by atoms with Crippen molar-refractivity contribution in [3.05, 3.63) is 23.2 Å². The van der Waals surface area contributed by atoms with E-state index in [1.807, 2.05) is 0 Å². The number of halogens is 1. The number of hydrogen-bond donors (Lipinski definition) is 2. The van der Waals surface area contributed by atoms with Crippen LogP contribution in [0.15, 0.2) is 23.1 Å². The molecule has 0 saturated carbocycles. The van der Waals surface area contributed by atoms with Crippen molar-refractivity contribution >= 4 is 21.6 Å². The minimum atomic E-state index is -3.54. The lowest BCUT2D eigenvalue weighted by atomic mass is 10.1. The SMILES string of the molecule is COc1ccc(S(=O)(=O)NC[C@H]2CCCCN2)cc1Cl. The number of ether oxygens (including phenoxy) is 1. The zero-order valence-electron chi connectivity index (χ0n) is 11.4. The topological polar surface area (TPSA) is 67.4 Å². The number of methoxy groups -OCH3 is 1. The summed E-state index contributed by atoms with van der Waals surface area (Å²) in [6, 6.07) is 4.64. The monoisotopic (exact) mass is 318 g/mol. The molecule has 5 nitrogen and oxygen atoms in total. The second-order valence-electron chi connectivity index (χ2n) is 4.80. The molecule has 1 aromatic rings. The molecule has 1 saturated heterocycles. The lowest BCUT2D eigenvalue weighted by Gasteiger charge is -2.23. The van der Waals surface area contributed by atoms with E-state index in [2.05, 4.69) is 10.0 Å². The van der Waals surface area contributed by atoms with E-state index in [9.17, 15) is 8.42 Å².